The molecule has 36 heavy (non-hydrogen) atoms. The summed E-state index contributed by atoms with van der Waals surface area (Å²) in [4.78, 5) is 22.9. The van der Waals surface area contributed by atoms with Gasteiger partial charge in [0.15, 0.2) is 0 Å². The number of nitrogens with one attached hydrogen (secondary N) is 1. The van der Waals surface area contributed by atoms with Crippen LogP contribution in [0.4, 0.5) is 10.1 Å². The smallest absolute Gasteiger partial charge is 0.335 e. The number of hydrogen-bond donors (Lipinski definition) is 3. The molecule has 1 amide bonds. The molecule has 1 aliphatic heterocycles. The van der Waals surface area contributed by atoms with Crippen molar-refractivity contribution >= 4 is 18.1 Å². The summed E-state index contributed by atoms with van der Waals surface area (Å²) in [5.74, 6) is 0.127. The number of carbonyl (C=O) groups excluding carboxylic acids is 1. The number of aromatic carboxylic acids is 1. The number of carboxylic acid groups (broad SMARTS) is 1. The Labute approximate surface area is 208 Å². The fourth-order valence-corrected chi connectivity index (χ4v) is 3.54. The molecule has 1 atom stereocenters. The monoisotopic (exact) mass is 496 g/mol. The van der Waals surface area contributed by atoms with Crippen LogP contribution in [0.1, 0.15) is 15.9 Å². The molecule has 0 aromatic heterocycles. The van der Waals surface area contributed by atoms with Gasteiger partial charge in [0.1, 0.15) is 36.6 Å². The molecular weight excluding hydrogens is 467 g/mol. The van der Waals surface area contributed by atoms with E-state index in [0.29, 0.717) is 43.3 Å². The lowest BCUT2D eigenvalue weighted by Crippen LogP contribution is -2.33. The summed E-state index contributed by atoms with van der Waals surface area (Å²) in [5.41, 5.74) is 2.20. The van der Waals surface area contributed by atoms with Crippen LogP contribution in [0, 0.1) is 5.82 Å². The number of amides is 1. The first-order chi connectivity index (χ1) is 17.5. The van der Waals surface area contributed by atoms with Crippen LogP contribution in [0.3, 0.4) is 0 Å². The number of benzene rings is 3. The lowest BCUT2D eigenvalue weighted by Gasteiger charge is -2.16. The molecule has 1 heterocycles. The molecule has 4 rings (SSSR count). The lowest BCUT2D eigenvalue weighted by atomic mass is 10.1. The minimum atomic E-state index is -0.879. The first kappa shape index (κ1) is 26.7. The van der Waals surface area contributed by atoms with Gasteiger partial charge in [0.2, 0.25) is 6.41 Å². The molecule has 1 unspecified atom stereocenters. The molecule has 1 aliphatic rings. The summed E-state index contributed by atoms with van der Waals surface area (Å²) >= 11 is 0. The van der Waals surface area contributed by atoms with E-state index < -0.39 is 12.1 Å². The molecule has 0 saturated carbocycles. The summed E-state index contributed by atoms with van der Waals surface area (Å²) in [6.07, 6.45) is 0.900. The minimum absolute atomic E-state index is 0.156. The van der Waals surface area contributed by atoms with Crippen LogP contribution >= 0.6 is 0 Å². The van der Waals surface area contributed by atoms with Crippen LogP contribution in [0.2, 0.25) is 0 Å². The van der Waals surface area contributed by atoms with Crippen molar-refractivity contribution in [2.75, 3.05) is 37.7 Å². The van der Waals surface area contributed by atoms with Gasteiger partial charge in [0.25, 0.3) is 0 Å². The quantitative estimate of drug-likeness (QED) is 0.277. The number of fused-ring (bicyclic) bond motifs is 1. The minimum Gasteiger partial charge on any atom is -0.492 e. The summed E-state index contributed by atoms with van der Waals surface area (Å²) in [7, 11) is 0. The Balaban J connectivity index is 0.000000338. The van der Waals surface area contributed by atoms with E-state index in [-0.39, 0.29) is 12.4 Å². The summed E-state index contributed by atoms with van der Waals surface area (Å²) < 4.78 is 24.0. The molecular formula is C27H29FN2O6. The predicted octanol–water partition coefficient (Wildman–Crippen LogP) is 3.14. The third kappa shape index (κ3) is 8.07. The lowest BCUT2D eigenvalue weighted by molar-refractivity contribution is -0.107. The summed E-state index contributed by atoms with van der Waals surface area (Å²) in [6, 6.07) is 19.7. The number of carbonyl (C=O) groups is 2. The van der Waals surface area contributed by atoms with Crippen molar-refractivity contribution in [2.45, 2.75) is 12.5 Å². The maximum atomic E-state index is 12.8. The molecule has 9 heteroatoms. The van der Waals surface area contributed by atoms with Crippen LogP contribution in [0.15, 0.2) is 72.8 Å². The molecule has 3 aromatic carbocycles. The average Bonchev–Trinajstić information content (AvgIpc) is 3.33. The highest BCUT2D eigenvalue weighted by molar-refractivity contribution is 5.87. The van der Waals surface area contributed by atoms with Crippen molar-refractivity contribution in [3.63, 3.8) is 0 Å². The predicted molar refractivity (Wildman–Crippen MR) is 133 cm³/mol. The zero-order valence-electron chi connectivity index (χ0n) is 19.7. The second-order valence-electron chi connectivity index (χ2n) is 7.95. The Morgan fingerprint density at radius 1 is 1.06 bits per heavy atom. The molecule has 0 spiro atoms. The van der Waals surface area contributed by atoms with Gasteiger partial charge in [-0.1, -0.05) is 24.3 Å². The van der Waals surface area contributed by atoms with E-state index >= 15 is 0 Å². The van der Waals surface area contributed by atoms with Gasteiger partial charge in [0.05, 0.1) is 11.3 Å². The van der Waals surface area contributed by atoms with E-state index in [4.69, 9.17) is 14.6 Å². The van der Waals surface area contributed by atoms with E-state index in [1.165, 1.54) is 12.1 Å². The van der Waals surface area contributed by atoms with Crippen molar-refractivity contribution in [3.05, 3.63) is 89.7 Å². The molecule has 3 aromatic rings. The zero-order valence-corrected chi connectivity index (χ0v) is 19.7. The van der Waals surface area contributed by atoms with Crippen molar-refractivity contribution in [3.8, 4) is 11.5 Å². The Bertz CT molecular complexity index is 1110. The molecule has 0 saturated heterocycles. The van der Waals surface area contributed by atoms with Gasteiger partial charge < -0.3 is 29.9 Å². The highest BCUT2D eigenvalue weighted by Crippen LogP contribution is 2.34. The normalized spacial score (nSPS) is 12.7. The van der Waals surface area contributed by atoms with E-state index in [1.54, 1.807) is 47.4 Å². The third-order valence-electron chi connectivity index (χ3n) is 5.34. The number of ether oxygens (including phenoxy) is 2. The third-order valence-corrected chi connectivity index (χ3v) is 5.34. The molecule has 3 N–H and O–H groups in total. The zero-order chi connectivity index (χ0) is 25.8. The van der Waals surface area contributed by atoms with Crippen LogP contribution in [0.25, 0.3) is 0 Å². The van der Waals surface area contributed by atoms with Crippen LogP contribution in [0.5, 0.6) is 11.5 Å². The van der Waals surface area contributed by atoms with Gasteiger partial charge in [-0.05, 0) is 55.0 Å². The number of nitrogens with zero attached hydrogens (tertiary/aromatic N) is 1. The topological polar surface area (TPSA) is 108 Å². The first-order valence-electron chi connectivity index (χ1n) is 11.5. The van der Waals surface area contributed by atoms with Crippen LogP contribution in [-0.4, -0.2) is 61.5 Å². The number of aliphatic hydroxyl groups is 1. The van der Waals surface area contributed by atoms with Gasteiger partial charge in [-0.15, -0.1) is 0 Å². The molecule has 0 fully saturated rings. The number of hydrogen-bond acceptors (Lipinski definition) is 6. The van der Waals surface area contributed by atoms with Gasteiger partial charge in [-0.2, -0.15) is 0 Å². The molecule has 0 radical (unpaired) electrons. The van der Waals surface area contributed by atoms with E-state index in [0.717, 1.165) is 24.1 Å². The number of halogens is 1. The van der Waals surface area contributed by atoms with E-state index in [2.05, 4.69) is 5.32 Å². The largest absolute Gasteiger partial charge is 0.492 e. The number of aliphatic hydroxyl groups excluding tert-OH is 1. The van der Waals surface area contributed by atoms with Crippen molar-refractivity contribution in [2.24, 2.45) is 0 Å². The Hall–Kier alpha value is -3.95. The van der Waals surface area contributed by atoms with Crippen molar-refractivity contribution in [1.82, 2.24) is 5.32 Å². The molecule has 0 bridgehead atoms. The Morgan fingerprint density at radius 3 is 2.47 bits per heavy atom. The van der Waals surface area contributed by atoms with Crippen molar-refractivity contribution in [1.29, 1.82) is 0 Å². The number of rotatable bonds is 11. The number of carboxylic acids is 1. The fraction of sp³-hybridized carbons (Fsp3) is 0.259. The van der Waals surface area contributed by atoms with Crippen LogP contribution in [-0.2, 0) is 11.2 Å². The van der Waals surface area contributed by atoms with E-state index in [9.17, 15) is 19.1 Å². The van der Waals surface area contributed by atoms with Gasteiger partial charge >= 0.3 is 5.97 Å². The Kier molecular flexibility index (Phi) is 10.2. The van der Waals surface area contributed by atoms with Gasteiger partial charge in [-0.25, -0.2) is 9.18 Å². The van der Waals surface area contributed by atoms with E-state index in [1.807, 2.05) is 18.2 Å². The standard InChI is InChI=1S/C20H23FN2O4.C7H6O2/c21-15-4-6-17(7-5-15)26-11-9-22-12-16(25)13-27-20-3-1-2-19-18(20)8-10-23(19)14-24;8-7(9)6-4-2-1-3-5-6/h1-7,14,16,22,25H,8-13H2;1-5H,(H,8,9). The van der Waals surface area contributed by atoms with Gasteiger partial charge in [0, 0.05) is 25.2 Å². The van der Waals surface area contributed by atoms with Crippen LogP contribution < -0.4 is 19.7 Å². The summed E-state index contributed by atoms with van der Waals surface area (Å²) in [5, 5.41) is 21.5. The molecule has 190 valence electrons. The number of anilines is 1. The highest BCUT2D eigenvalue weighted by atomic mass is 19.1. The Morgan fingerprint density at radius 2 is 1.81 bits per heavy atom. The summed E-state index contributed by atoms with van der Waals surface area (Å²) in [6.45, 7) is 2.12. The van der Waals surface area contributed by atoms with Crippen molar-refractivity contribution < 1.29 is 33.7 Å². The second kappa shape index (κ2) is 13.8. The maximum absolute atomic E-state index is 12.8. The first-order valence-corrected chi connectivity index (χ1v) is 11.5. The average molecular weight is 497 g/mol. The molecule has 8 nitrogen and oxygen atoms in total. The highest BCUT2D eigenvalue weighted by Gasteiger charge is 2.22. The second-order valence-corrected chi connectivity index (χ2v) is 7.95. The maximum Gasteiger partial charge on any atom is 0.335 e. The SMILES string of the molecule is O=C(O)c1ccccc1.O=CN1CCc2c(OCC(O)CNCCOc3ccc(F)cc3)cccc21. The molecule has 0 aliphatic carbocycles. The fourth-order valence-electron chi connectivity index (χ4n) is 3.54. The van der Waals surface area contributed by atoms with Gasteiger partial charge in [-0.3, -0.25) is 4.79 Å².